The molecule has 3 rings (SSSR count). The van der Waals surface area contributed by atoms with Crippen LogP contribution in [-0.4, -0.2) is 35.4 Å². The van der Waals surface area contributed by atoms with Crippen molar-refractivity contribution >= 4 is 27.7 Å². The lowest BCUT2D eigenvalue weighted by molar-refractivity contribution is -0.142. The highest BCUT2D eigenvalue weighted by Crippen LogP contribution is 2.22. The van der Waals surface area contributed by atoms with Crippen LogP contribution >= 0.6 is 15.9 Å². The van der Waals surface area contributed by atoms with Crippen molar-refractivity contribution in [3.63, 3.8) is 0 Å². The molecule has 166 valence electrons. The first-order valence-corrected chi connectivity index (χ1v) is 11.7. The number of rotatable bonds is 8. The Morgan fingerprint density at radius 2 is 1.81 bits per heavy atom. The second-order valence-corrected chi connectivity index (χ2v) is 9.23. The average Bonchev–Trinajstić information content (AvgIpc) is 3.26. The van der Waals surface area contributed by atoms with Crippen LogP contribution in [-0.2, 0) is 16.1 Å². The van der Waals surface area contributed by atoms with E-state index in [1.807, 2.05) is 56.3 Å². The van der Waals surface area contributed by atoms with E-state index in [1.165, 1.54) is 0 Å². The lowest BCUT2D eigenvalue weighted by Crippen LogP contribution is -2.50. The summed E-state index contributed by atoms with van der Waals surface area (Å²) >= 11 is 3.47. The Balaban J connectivity index is 1.71. The van der Waals surface area contributed by atoms with Crippen LogP contribution in [0.25, 0.3) is 0 Å². The Morgan fingerprint density at radius 3 is 2.45 bits per heavy atom. The minimum absolute atomic E-state index is 0.105. The van der Waals surface area contributed by atoms with Gasteiger partial charge in [-0.3, -0.25) is 9.59 Å². The van der Waals surface area contributed by atoms with Crippen molar-refractivity contribution in [2.45, 2.75) is 65.1 Å². The highest BCUT2D eigenvalue weighted by molar-refractivity contribution is 9.10. The van der Waals surface area contributed by atoms with E-state index in [-0.39, 0.29) is 24.5 Å². The number of halogens is 1. The fourth-order valence-electron chi connectivity index (χ4n) is 3.80. The van der Waals surface area contributed by atoms with Crippen molar-refractivity contribution in [1.82, 2.24) is 10.2 Å². The van der Waals surface area contributed by atoms with Crippen LogP contribution in [0.5, 0.6) is 5.75 Å². The molecular formula is C25H31BrN2O3. The molecule has 1 atom stereocenters. The second kappa shape index (κ2) is 10.8. The van der Waals surface area contributed by atoms with E-state index in [9.17, 15) is 9.59 Å². The van der Waals surface area contributed by atoms with Gasteiger partial charge in [0.05, 0.1) is 0 Å². The monoisotopic (exact) mass is 486 g/mol. The predicted molar refractivity (Wildman–Crippen MR) is 126 cm³/mol. The zero-order valence-electron chi connectivity index (χ0n) is 18.5. The largest absolute Gasteiger partial charge is 0.484 e. The number of nitrogens with zero attached hydrogens (tertiary/aromatic N) is 1. The molecule has 31 heavy (non-hydrogen) atoms. The number of amides is 2. The van der Waals surface area contributed by atoms with E-state index in [0.29, 0.717) is 12.3 Å². The van der Waals surface area contributed by atoms with Crippen LogP contribution in [0, 0.1) is 13.8 Å². The Morgan fingerprint density at radius 1 is 1.13 bits per heavy atom. The third kappa shape index (κ3) is 6.57. The quantitative estimate of drug-likeness (QED) is 0.575. The Labute approximate surface area is 193 Å². The summed E-state index contributed by atoms with van der Waals surface area (Å²) in [5.41, 5.74) is 3.17. The van der Waals surface area contributed by atoms with Gasteiger partial charge in [-0.25, -0.2) is 0 Å². The van der Waals surface area contributed by atoms with Gasteiger partial charge in [0.25, 0.3) is 5.91 Å². The summed E-state index contributed by atoms with van der Waals surface area (Å²) in [6.07, 6.45) is 4.31. The normalized spacial score (nSPS) is 14.8. The van der Waals surface area contributed by atoms with Crippen molar-refractivity contribution in [1.29, 1.82) is 0 Å². The number of aryl methyl sites for hydroxylation is 2. The molecule has 0 radical (unpaired) electrons. The van der Waals surface area contributed by atoms with Gasteiger partial charge >= 0.3 is 0 Å². The zero-order chi connectivity index (χ0) is 22.4. The third-order valence-electron chi connectivity index (χ3n) is 5.83. The first kappa shape index (κ1) is 23.3. The highest BCUT2D eigenvalue weighted by Gasteiger charge is 2.28. The van der Waals surface area contributed by atoms with Gasteiger partial charge in [0.1, 0.15) is 11.8 Å². The number of nitrogens with one attached hydrogen (secondary N) is 1. The summed E-state index contributed by atoms with van der Waals surface area (Å²) in [5, 5.41) is 3.12. The van der Waals surface area contributed by atoms with Gasteiger partial charge in [-0.1, -0.05) is 58.6 Å². The Bertz CT molecular complexity index is 907. The molecule has 0 aromatic heterocycles. The lowest BCUT2D eigenvalue weighted by Gasteiger charge is -2.29. The highest BCUT2D eigenvalue weighted by atomic mass is 79.9. The number of benzene rings is 2. The molecular weight excluding hydrogens is 456 g/mol. The van der Waals surface area contributed by atoms with Crippen LogP contribution in [0.2, 0.25) is 0 Å². The fourth-order valence-corrected chi connectivity index (χ4v) is 4.05. The maximum Gasteiger partial charge on any atom is 0.261 e. The molecule has 1 N–H and O–H groups in total. The van der Waals surface area contributed by atoms with E-state index in [0.717, 1.165) is 46.8 Å². The summed E-state index contributed by atoms with van der Waals surface area (Å²) in [5.74, 6) is 0.314. The molecule has 1 aliphatic rings. The van der Waals surface area contributed by atoms with Gasteiger partial charge in [-0.15, -0.1) is 0 Å². The predicted octanol–water partition coefficient (Wildman–Crippen LogP) is 4.92. The molecule has 5 nitrogen and oxygen atoms in total. The molecule has 0 saturated heterocycles. The summed E-state index contributed by atoms with van der Waals surface area (Å²) in [4.78, 5) is 27.6. The van der Waals surface area contributed by atoms with E-state index < -0.39 is 6.04 Å². The molecule has 1 saturated carbocycles. The third-order valence-corrected chi connectivity index (χ3v) is 6.72. The van der Waals surface area contributed by atoms with E-state index in [2.05, 4.69) is 21.2 Å². The van der Waals surface area contributed by atoms with Crippen LogP contribution in [0.4, 0.5) is 0 Å². The number of carbonyl (C=O) groups is 2. The van der Waals surface area contributed by atoms with Crippen molar-refractivity contribution in [2.75, 3.05) is 6.61 Å². The fraction of sp³-hybridized carbons (Fsp3) is 0.440. The summed E-state index contributed by atoms with van der Waals surface area (Å²) in [6, 6.07) is 13.3. The van der Waals surface area contributed by atoms with E-state index in [1.54, 1.807) is 11.8 Å². The minimum atomic E-state index is -0.579. The van der Waals surface area contributed by atoms with E-state index in [4.69, 9.17) is 4.74 Å². The molecule has 2 aromatic rings. The minimum Gasteiger partial charge on any atom is -0.484 e. The van der Waals surface area contributed by atoms with Crippen LogP contribution in [0.15, 0.2) is 46.9 Å². The smallest absolute Gasteiger partial charge is 0.261 e. The van der Waals surface area contributed by atoms with Gasteiger partial charge in [0.15, 0.2) is 6.61 Å². The van der Waals surface area contributed by atoms with Gasteiger partial charge in [0, 0.05) is 17.1 Å². The molecule has 0 bridgehead atoms. The van der Waals surface area contributed by atoms with Crippen molar-refractivity contribution in [3.05, 3.63) is 63.6 Å². The average molecular weight is 487 g/mol. The molecule has 0 aliphatic heterocycles. The van der Waals surface area contributed by atoms with Gasteiger partial charge in [0.2, 0.25) is 5.91 Å². The van der Waals surface area contributed by atoms with Gasteiger partial charge in [-0.05, 0) is 62.9 Å². The molecule has 2 aromatic carbocycles. The number of hydrogen-bond acceptors (Lipinski definition) is 3. The number of ether oxygens (including phenoxy) is 1. The standard InChI is InChI=1S/C25H31BrN2O3/c1-17-8-10-20(11-9-17)15-28(19(3)25(30)27-21-6-4-5-7-21)24(29)16-31-22-12-13-23(26)18(2)14-22/h8-14,19,21H,4-7,15-16H2,1-3H3,(H,27,30). The second-order valence-electron chi connectivity index (χ2n) is 8.37. The topological polar surface area (TPSA) is 58.6 Å². The first-order valence-electron chi connectivity index (χ1n) is 10.9. The molecule has 0 spiro atoms. The van der Waals surface area contributed by atoms with Crippen molar-refractivity contribution < 1.29 is 14.3 Å². The summed E-state index contributed by atoms with van der Waals surface area (Å²) in [7, 11) is 0. The van der Waals surface area contributed by atoms with Crippen LogP contribution in [0.3, 0.4) is 0 Å². The number of carbonyl (C=O) groups excluding carboxylic acids is 2. The molecule has 6 heteroatoms. The van der Waals surface area contributed by atoms with Crippen LogP contribution < -0.4 is 10.1 Å². The van der Waals surface area contributed by atoms with E-state index >= 15 is 0 Å². The molecule has 1 aliphatic carbocycles. The maximum atomic E-state index is 13.1. The Hall–Kier alpha value is -2.34. The van der Waals surface area contributed by atoms with Crippen LogP contribution in [0.1, 0.15) is 49.3 Å². The summed E-state index contributed by atoms with van der Waals surface area (Å²) in [6.45, 7) is 6.03. The van der Waals surface area contributed by atoms with Crippen molar-refractivity contribution in [2.24, 2.45) is 0 Å². The number of hydrogen-bond donors (Lipinski definition) is 1. The van der Waals surface area contributed by atoms with Crippen molar-refractivity contribution in [3.8, 4) is 5.75 Å². The molecule has 0 heterocycles. The first-order chi connectivity index (χ1) is 14.8. The zero-order valence-corrected chi connectivity index (χ0v) is 20.1. The Kier molecular flexibility index (Phi) is 8.13. The lowest BCUT2D eigenvalue weighted by atomic mass is 10.1. The SMILES string of the molecule is Cc1ccc(CN(C(=O)COc2ccc(Br)c(C)c2)C(C)C(=O)NC2CCCC2)cc1. The summed E-state index contributed by atoms with van der Waals surface area (Å²) < 4.78 is 6.75. The molecule has 2 amide bonds. The molecule has 1 unspecified atom stereocenters. The molecule has 1 fully saturated rings. The van der Waals surface area contributed by atoms with Gasteiger partial charge in [-0.2, -0.15) is 0 Å². The maximum absolute atomic E-state index is 13.1. The van der Waals surface area contributed by atoms with Gasteiger partial charge < -0.3 is 15.0 Å².